The number of hydrogen-bond acceptors (Lipinski definition) is 7. The van der Waals surface area contributed by atoms with E-state index >= 15 is 0 Å². The Kier molecular flexibility index (Phi) is 8.13. The van der Waals surface area contributed by atoms with E-state index in [1.54, 1.807) is 13.8 Å². The molecule has 1 aromatic carbocycles. The molecule has 1 spiro atoms. The van der Waals surface area contributed by atoms with E-state index in [0.717, 1.165) is 10.0 Å². The second-order valence-electron chi connectivity index (χ2n) is 8.20. The van der Waals surface area contributed by atoms with Crippen molar-refractivity contribution in [2.45, 2.75) is 44.6 Å². The number of nitrogens with zero attached hydrogens (tertiary/aromatic N) is 1. The lowest BCUT2D eigenvalue weighted by atomic mass is 10.0. The monoisotopic (exact) mass is 512 g/mol. The van der Waals surface area contributed by atoms with Crippen LogP contribution in [0.5, 0.6) is 0 Å². The van der Waals surface area contributed by atoms with E-state index in [2.05, 4.69) is 26.0 Å². The summed E-state index contributed by atoms with van der Waals surface area (Å²) < 4.78 is 22.6. The van der Waals surface area contributed by atoms with Gasteiger partial charge in [-0.25, -0.2) is 9.59 Å². The highest BCUT2D eigenvalue weighted by molar-refractivity contribution is 9.10. The molecule has 2 fully saturated rings. The summed E-state index contributed by atoms with van der Waals surface area (Å²) in [6, 6.07) is 6.01. The summed E-state index contributed by atoms with van der Waals surface area (Å²) >= 11 is 3.39. The maximum Gasteiger partial charge on any atom is 0.407 e. The lowest BCUT2D eigenvalue weighted by molar-refractivity contribution is -0.154. The third-order valence-electron chi connectivity index (χ3n) is 5.60. The van der Waals surface area contributed by atoms with Gasteiger partial charge in [0.25, 0.3) is 0 Å². The van der Waals surface area contributed by atoms with Crippen LogP contribution in [0.15, 0.2) is 28.7 Å². The number of nitrogens with one attached hydrogen (secondary N) is 1. The molecule has 3 rings (SSSR count). The average Bonchev–Trinajstić information content (AvgIpc) is 3.39. The molecule has 0 bridgehead atoms. The summed E-state index contributed by atoms with van der Waals surface area (Å²) in [5.41, 5.74) is 1.03. The van der Waals surface area contributed by atoms with E-state index in [4.69, 9.17) is 14.2 Å². The van der Waals surface area contributed by atoms with Crippen LogP contribution in [0.2, 0.25) is 0 Å². The summed E-state index contributed by atoms with van der Waals surface area (Å²) in [6.45, 7) is 4.66. The highest BCUT2D eigenvalue weighted by atomic mass is 79.9. The Hall–Kier alpha value is -2.17. The molecular formula is C22H29BrN2O7. The smallest absolute Gasteiger partial charge is 0.407 e. The van der Waals surface area contributed by atoms with E-state index in [1.165, 1.54) is 12.0 Å². The number of carbonyl (C=O) groups excluding carboxylic acids is 3. The van der Waals surface area contributed by atoms with Crippen molar-refractivity contribution in [3.63, 3.8) is 0 Å². The second-order valence-corrected chi connectivity index (χ2v) is 9.11. The number of rotatable bonds is 7. The third kappa shape index (κ3) is 5.79. The van der Waals surface area contributed by atoms with Gasteiger partial charge in [0.2, 0.25) is 5.91 Å². The maximum atomic E-state index is 13.4. The number of carbonyl (C=O) groups is 3. The van der Waals surface area contributed by atoms with Crippen LogP contribution < -0.4 is 5.32 Å². The van der Waals surface area contributed by atoms with Gasteiger partial charge >= 0.3 is 12.1 Å². The number of likely N-dealkylation sites (tertiary alicyclic amines) is 1. The maximum absolute atomic E-state index is 13.4. The van der Waals surface area contributed by atoms with Crippen LogP contribution in [0.1, 0.15) is 25.8 Å². The van der Waals surface area contributed by atoms with Gasteiger partial charge in [-0.15, -0.1) is 0 Å². The van der Waals surface area contributed by atoms with Crippen LogP contribution >= 0.6 is 15.9 Å². The Morgan fingerprint density at radius 2 is 1.88 bits per heavy atom. The van der Waals surface area contributed by atoms with E-state index < -0.39 is 35.8 Å². The number of hydrogen-bond donors (Lipinski definition) is 1. The molecule has 2 saturated heterocycles. The van der Waals surface area contributed by atoms with Gasteiger partial charge in [0.15, 0.2) is 5.79 Å². The van der Waals surface area contributed by atoms with Crippen LogP contribution in [0.4, 0.5) is 4.79 Å². The summed E-state index contributed by atoms with van der Waals surface area (Å²) in [5, 5.41) is 2.56. The van der Waals surface area contributed by atoms with E-state index in [-0.39, 0.29) is 25.5 Å². The number of halogens is 1. The van der Waals surface area contributed by atoms with Crippen molar-refractivity contribution in [3.05, 3.63) is 34.3 Å². The van der Waals surface area contributed by atoms with Gasteiger partial charge < -0.3 is 29.2 Å². The summed E-state index contributed by atoms with van der Waals surface area (Å²) in [4.78, 5) is 39.5. The number of benzene rings is 1. The van der Waals surface area contributed by atoms with Gasteiger partial charge in [0.05, 0.1) is 33.5 Å². The predicted molar refractivity (Wildman–Crippen MR) is 118 cm³/mol. The third-order valence-corrected chi connectivity index (χ3v) is 6.13. The zero-order valence-electron chi connectivity index (χ0n) is 18.5. The first-order valence-electron chi connectivity index (χ1n) is 10.6. The van der Waals surface area contributed by atoms with Gasteiger partial charge in [-0.3, -0.25) is 4.79 Å². The van der Waals surface area contributed by atoms with Crippen molar-refractivity contribution < 1.29 is 33.3 Å². The predicted octanol–water partition coefficient (Wildman–Crippen LogP) is 2.26. The zero-order chi connectivity index (χ0) is 23.3. The molecular weight excluding hydrogens is 484 g/mol. The van der Waals surface area contributed by atoms with Crippen LogP contribution in [0, 0.1) is 5.92 Å². The largest absolute Gasteiger partial charge is 0.464 e. The van der Waals surface area contributed by atoms with Gasteiger partial charge in [0, 0.05) is 17.3 Å². The molecule has 1 aromatic rings. The number of amides is 2. The molecule has 2 amide bonds. The molecule has 2 aliphatic rings. The van der Waals surface area contributed by atoms with Crippen molar-refractivity contribution in [2.75, 3.05) is 33.5 Å². The van der Waals surface area contributed by atoms with Crippen molar-refractivity contribution in [1.29, 1.82) is 0 Å². The Balaban J connectivity index is 1.70. The first kappa shape index (κ1) is 24.5. The highest BCUT2D eigenvalue weighted by Crippen LogP contribution is 2.36. The molecule has 0 aliphatic carbocycles. The molecule has 10 heteroatoms. The fraction of sp³-hybridized carbons (Fsp3) is 0.591. The SMILES string of the molecule is COC(=O)N[C@H](C(=O)N1CC2(C[C@H]1C(=O)OCCc1ccc(Br)cc1)OCCO2)C(C)C. The van der Waals surface area contributed by atoms with E-state index in [1.807, 2.05) is 24.3 Å². The fourth-order valence-electron chi connectivity index (χ4n) is 3.88. The molecule has 32 heavy (non-hydrogen) atoms. The zero-order valence-corrected chi connectivity index (χ0v) is 20.1. The van der Waals surface area contributed by atoms with Crippen molar-refractivity contribution in [1.82, 2.24) is 10.2 Å². The molecule has 176 valence electrons. The Morgan fingerprint density at radius 1 is 1.22 bits per heavy atom. The van der Waals surface area contributed by atoms with Crippen molar-refractivity contribution in [3.8, 4) is 0 Å². The Labute approximate surface area is 195 Å². The number of ether oxygens (including phenoxy) is 4. The van der Waals surface area contributed by atoms with Gasteiger partial charge in [-0.2, -0.15) is 0 Å². The average molecular weight is 513 g/mol. The standard InChI is InChI=1S/C22H29BrN2O7/c1-14(2)18(24-21(28)29-3)19(26)25-13-22(31-10-11-32-22)12-17(25)20(27)30-9-8-15-4-6-16(23)7-5-15/h4-7,14,17-18H,8-13H2,1-3H3,(H,24,28)/t17-,18-/m0/s1. The normalized spacial score (nSPS) is 20.4. The quantitative estimate of drug-likeness (QED) is 0.558. The van der Waals surface area contributed by atoms with Crippen LogP contribution in [-0.4, -0.2) is 74.2 Å². The number of esters is 1. The minimum absolute atomic E-state index is 0.0877. The molecule has 2 heterocycles. The second kappa shape index (κ2) is 10.6. The first-order valence-corrected chi connectivity index (χ1v) is 11.4. The lowest BCUT2D eigenvalue weighted by Gasteiger charge is -2.29. The van der Waals surface area contributed by atoms with Crippen LogP contribution in [-0.2, 0) is 35.0 Å². The molecule has 0 saturated carbocycles. The van der Waals surface area contributed by atoms with E-state index in [0.29, 0.717) is 19.6 Å². The molecule has 1 N–H and O–H groups in total. The lowest BCUT2D eigenvalue weighted by Crippen LogP contribution is -2.54. The van der Waals surface area contributed by atoms with Gasteiger partial charge in [-0.1, -0.05) is 41.9 Å². The first-order chi connectivity index (χ1) is 15.2. The van der Waals surface area contributed by atoms with Crippen molar-refractivity contribution >= 4 is 33.9 Å². The number of alkyl carbamates (subject to hydrolysis) is 1. The summed E-state index contributed by atoms with van der Waals surface area (Å²) in [5.74, 6) is -2.18. The van der Waals surface area contributed by atoms with Gasteiger partial charge in [0.1, 0.15) is 12.1 Å². The molecule has 2 atom stereocenters. The number of methoxy groups -OCH3 is 1. The Morgan fingerprint density at radius 3 is 2.47 bits per heavy atom. The minimum atomic E-state index is -1.03. The topological polar surface area (TPSA) is 103 Å². The van der Waals surface area contributed by atoms with Crippen LogP contribution in [0.3, 0.4) is 0 Å². The molecule has 0 radical (unpaired) electrons. The van der Waals surface area contributed by atoms with Gasteiger partial charge in [-0.05, 0) is 23.6 Å². The molecule has 0 aromatic heterocycles. The van der Waals surface area contributed by atoms with Crippen molar-refractivity contribution in [2.24, 2.45) is 5.92 Å². The summed E-state index contributed by atoms with van der Waals surface area (Å²) in [6.07, 6.45) is 0.0165. The summed E-state index contributed by atoms with van der Waals surface area (Å²) in [7, 11) is 1.23. The molecule has 2 aliphatic heterocycles. The fourth-order valence-corrected chi connectivity index (χ4v) is 4.15. The van der Waals surface area contributed by atoms with Crippen LogP contribution in [0.25, 0.3) is 0 Å². The molecule has 0 unspecified atom stereocenters. The van der Waals surface area contributed by atoms with E-state index in [9.17, 15) is 14.4 Å². The minimum Gasteiger partial charge on any atom is -0.464 e. The highest BCUT2D eigenvalue weighted by Gasteiger charge is 2.54. The Bertz CT molecular complexity index is 824. The molecule has 9 nitrogen and oxygen atoms in total.